The highest BCUT2D eigenvalue weighted by Crippen LogP contribution is 2.42. The summed E-state index contributed by atoms with van der Waals surface area (Å²) in [6.07, 6.45) is -3.02. The zero-order valence-corrected chi connectivity index (χ0v) is 27.7. The monoisotopic (exact) mass is 686 g/mol. The lowest BCUT2D eigenvalue weighted by Gasteiger charge is -2.38. The third-order valence-corrected chi connectivity index (χ3v) is 9.02. The van der Waals surface area contributed by atoms with E-state index in [0.717, 1.165) is 18.2 Å². The maximum absolute atomic E-state index is 14.4. The average Bonchev–Trinajstić information content (AvgIpc) is 3.56. The van der Waals surface area contributed by atoms with Gasteiger partial charge in [-0.05, 0) is 55.0 Å². The first-order chi connectivity index (χ1) is 24.0. The summed E-state index contributed by atoms with van der Waals surface area (Å²) in [4.78, 5) is 46.6. The van der Waals surface area contributed by atoms with Crippen molar-refractivity contribution in [3.8, 4) is 5.69 Å². The topological polar surface area (TPSA) is 100 Å². The molecule has 4 aromatic rings. The molecule has 0 saturated carbocycles. The number of benzene rings is 3. The minimum atomic E-state index is -4.66. The summed E-state index contributed by atoms with van der Waals surface area (Å²) in [5.74, 6) is -1.88. The van der Waals surface area contributed by atoms with Crippen LogP contribution < -0.4 is 15.1 Å². The predicted molar refractivity (Wildman–Crippen MR) is 182 cm³/mol. The molecule has 2 atom stereocenters. The van der Waals surface area contributed by atoms with E-state index in [4.69, 9.17) is 4.74 Å². The molecule has 1 aromatic heterocycles. The van der Waals surface area contributed by atoms with Gasteiger partial charge in [0.05, 0.1) is 30.7 Å². The maximum Gasteiger partial charge on any atom is 0.416 e. The number of likely N-dealkylation sites (N-methyl/N-ethyl adjacent to an activating group) is 2. The van der Waals surface area contributed by atoms with Crippen molar-refractivity contribution < 1.29 is 32.3 Å². The zero-order valence-electron chi connectivity index (χ0n) is 27.7. The van der Waals surface area contributed by atoms with Crippen LogP contribution in [0.4, 0.5) is 24.7 Å². The molecule has 2 aliphatic rings. The molecule has 6 rings (SSSR count). The molecule has 1 N–H and O–H groups in total. The second-order valence-electron chi connectivity index (χ2n) is 12.2. The molecule has 50 heavy (non-hydrogen) atoms. The minimum Gasteiger partial charge on any atom is -0.379 e. The van der Waals surface area contributed by atoms with Gasteiger partial charge in [-0.2, -0.15) is 18.3 Å². The minimum absolute atomic E-state index is 0.232. The Hall–Kier alpha value is -5.27. The number of amides is 3. The number of hydrogen-bond donors (Lipinski definition) is 1. The van der Waals surface area contributed by atoms with Gasteiger partial charge in [-0.1, -0.05) is 43.0 Å². The van der Waals surface area contributed by atoms with E-state index in [-0.39, 0.29) is 18.0 Å². The lowest BCUT2D eigenvalue weighted by molar-refractivity contribution is -0.137. The van der Waals surface area contributed by atoms with Gasteiger partial charge in [0.25, 0.3) is 17.7 Å². The van der Waals surface area contributed by atoms with Crippen molar-refractivity contribution in [3.63, 3.8) is 0 Å². The van der Waals surface area contributed by atoms with Crippen LogP contribution in [0.15, 0.2) is 97.2 Å². The normalized spacial score (nSPS) is 18.0. The molecule has 0 radical (unpaired) electrons. The summed E-state index contributed by atoms with van der Waals surface area (Å²) >= 11 is 0. The van der Waals surface area contributed by atoms with Gasteiger partial charge in [-0.15, -0.1) is 0 Å². The molecule has 10 nitrogen and oxygen atoms in total. The third-order valence-electron chi connectivity index (χ3n) is 9.02. The van der Waals surface area contributed by atoms with Crippen LogP contribution in [0, 0.1) is 0 Å². The van der Waals surface area contributed by atoms with Crippen LogP contribution in [0.25, 0.3) is 5.69 Å². The average molecular weight is 687 g/mol. The standard InChI is InChI=1S/C37H37F3N6O4/c1-4-45-34-30(22-41-46(34)28-13-6-5-7-14-28)31(32(36(45)49)42-33(47)26-11-8-12-27(20-26)37(38,39)40)25-10-9-15-29(21-25)43(3)35(48)24(2)23-44-16-18-50-19-17-44/h5-15,20-22,31-32H,2,4,16-19,23H2,1,3H3,(H,42,47)/t31-,32+/m0/s1. The largest absolute Gasteiger partial charge is 0.416 e. The van der Waals surface area contributed by atoms with E-state index in [1.54, 1.807) is 49.1 Å². The second kappa shape index (κ2) is 14.3. The molecule has 1 saturated heterocycles. The fourth-order valence-electron chi connectivity index (χ4n) is 6.46. The quantitative estimate of drug-likeness (QED) is 0.248. The second-order valence-corrected chi connectivity index (χ2v) is 12.2. The van der Waals surface area contributed by atoms with Crippen molar-refractivity contribution in [1.82, 2.24) is 20.0 Å². The summed E-state index contributed by atoms with van der Waals surface area (Å²) in [7, 11) is 1.64. The van der Waals surface area contributed by atoms with Gasteiger partial charge in [-0.3, -0.25) is 24.2 Å². The summed E-state index contributed by atoms with van der Waals surface area (Å²) in [5, 5.41) is 7.40. The number of hydrogen-bond acceptors (Lipinski definition) is 6. The molecule has 3 heterocycles. The summed E-state index contributed by atoms with van der Waals surface area (Å²) in [6, 6.07) is 19.2. The number of carbonyl (C=O) groups is 3. The highest BCUT2D eigenvalue weighted by atomic mass is 19.4. The van der Waals surface area contributed by atoms with E-state index in [0.29, 0.717) is 66.7 Å². The van der Waals surface area contributed by atoms with Crippen LogP contribution in [0.3, 0.4) is 0 Å². The number of nitrogens with one attached hydrogen (secondary N) is 1. The lowest BCUT2D eigenvalue weighted by atomic mass is 9.82. The van der Waals surface area contributed by atoms with E-state index < -0.39 is 35.5 Å². The molecular weight excluding hydrogens is 649 g/mol. The van der Waals surface area contributed by atoms with Crippen LogP contribution in [0.2, 0.25) is 0 Å². The number of nitrogens with zero attached hydrogens (tertiary/aromatic N) is 5. The number of anilines is 2. The molecule has 1 fully saturated rings. The predicted octanol–water partition coefficient (Wildman–Crippen LogP) is 5.04. The number of rotatable bonds is 9. The molecule has 2 aliphatic heterocycles. The molecule has 13 heteroatoms. The Kier molecular flexibility index (Phi) is 9.89. The fourth-order valence-corrected chi connectivity index (χ4v) is 6.46. The Labute approximate surface area is 287 Å². The van der Waals surface area contributed by atoms with Gasteiger partial charge in [-0.25, -0.2) is 4.68 Å². The first-order valence-corrected chi connectivity index (χ1v) is 16.3. The SMILES string of the molecule is C=C(CN1CCOCC1)C(=O)N(C)c1cccc([C@H]2c3cnn(-c4ccccc4)c3N(CC)C(=O)[C@@H]2NC(=O)c2cccc(C(F)(F)F)c2)c1. The van der Waals surface area contributed by atoms with Gasteiger partial charge < -0.3 is 15.0 Å². The van der Waals surface area contributed by atoms with E-state index in [2.05, 4.69) is 21.9 Å². The first-order valence-electron chi connectivity index (χ1n) is 16.3. The van der Waals surface area contributed by atoms with E-state index in [9.17, 15) is 27.6 Å². The maximum atomic E-state index is 14.4. The molecule has 0 bridgehead atoms. The van der Waals surface area contributed by atoms with Gasteiger partial charge in [0.1, 0.15) is 11.9 Å². The summed E-state index contributed by atoms with van der Waals surface area (Å²) < 4.78 is 47.6. The number of carbonyl (C=O) groups excluding carboxylic acids is 3. The van der Waals surface area contributed by atoms with Crippen LogP contribution in [-0.2, 0) is 20.5 Å². The van der Waals surface area contributed by atoms with Gasteiger partial charge in [0, 0.05) is 61.5 Å². The number of ether oxygens (including phenoxy) is 1. The number of aromatic nitrogens is 2. The van der Waals surface area contributed by atoms with Gasteiger partial charge in [0.2, 0.25) is 0 Å². The smallest absolute Gasteiger partial charge is 0.379 e. The van der Waals surface area contributed by atoms with Crippen LogP contribution in [-0.4, -0.2) is 84.9 Å². The number of para-hydroxylation sites is 1. The van der Waals surface area contributed by atoms with Crippen LogP contribution in [0.5, 0.6) is 0 Å². The summed E-state index contributed by atoms with van der Waals surface area (Å²) in [6.45, 7) is 9.02. The van der Waals surface area contributed by atoms with Crippen molar-refractivity contribution in [3.05, 3.63) is 119 Å². The van der Waals surface area contributed by atoms with Crippen molar-refractivity contribution >= 4 is 29.2 Å². The summed E-state index contributed by atoms with van der Waals surface area (Å²) in [5.41, 5.74) is 1.64. The number of alkyl halides is 3. The molecule has 0 unspecified atom stereocenters. The molecule has 3 amide bonds. The molecule has 0 aliphatic carbocycles. The Balaban J connectivity index is 1.39. The zero-order chi connectivity index (χ0) is 35.6. The number of morpholine rings is 1. The molecule has 3 aromatic carbocycles. The third kappa shape index (κ3) is 6.92. The molecule has 260 valence electrons. The van der Waals surface area contributed by atoms with Crippen LogP contribution >= 0.6 is 0 Å². The van der Waals surface area contributed by atoms with Gasteiger partial charge >= 0.3 is 6.18 Å². The number of halogens is 3. The fraction of sp³-hybridized carbons (Fsp3) is 0.297. The first kappa shape index (κ1) is 34.6. The lowest BCUT2D eigenvalue weighted by Crippen LogP contribution is -2.55. The Morgan fingerprint density at radius 1 is 1.02 bits per heavy atom. The van der Waals surface area contributed by atoms with Crippen molar-refractivity contribution in [1.29, 1.82) is 0 Å². The van der Waals surface area contributed by atoms with Crippen molar-refractivity contribution in [2.75, 3.05) is 56.2 Å². The van der Waals surface area contributed by atoms with Crippen LogP contribution in [0.1, 0.15) is 39.9 Å². The molecule has 0 spiro atoms. The highest BCUT2D eigenvalue weighted by Gasteiger charge is 2.44. The Morgan fingerprint density at radius 2 is 1.74 bits per heavy atom. The van der Waals surface area contributed by atoms with Crippen molar-refractivity contribution in [2.24, 2.45) is 0 Å². The Bertz CT molecular complexity index is 1900. The Morgan fingerprint density at radius 3 is 2.44 bits per heavy atom. The van der Waals surface area contributed by atoms with E-state index in [1.807, 2.05) is 30.3 Å². The van der Waals surface area contributed by atoms with E-state index >= 15 is 0 Å². The molecular formula is C37H37F3N6O4. The number of fused-ring (bicyclic) bond motifs is 1. The van der Waals surface area contributed by atoms with Gasteiger partial charge in [0.15, 0.2) is 0 Å². The van der Waals surface area contributed by atoms with Crippen molar-refractivity contribution in [2.45, 2.75) is 25.1 Å². The van der Waals surface area contributed by atoms with E-state index in [1.165, 1.54) is 15.9 Å². The highest BCUT2D eigenvalue weighted by molar-refractivity contribution is 6.06.